The zero-order valence-electron chi connectivity index (χ0n) is 14.9. The molecule has 0 heterocycles. The molecule has 2 unspecified atom stereocenters. The number of hydrogen-bond acceptors (Lipinski definition) is 9. The second kappa shape index (κ2) is 10.8. The van der Waals surface area contributed by atoms with Gasteiger partial charge >= 0.3 is 5.97 Å². The minimum atomic E-state index is -4.00. The van der Waals surface area contributed by atoms with Gasteiger partial charge in [-0.2, -0.15) is 16.8 Å². The molecule has 0 spiro atoms. The van der Waals surface area contributed by atoms with Gasteiger partial charge in [-0.25, -0.2) is 4.79 Å². The highest BCUT2D eigenvalue weighted by atomic mass is 32.2. The molecule has 11 heteroatoms. The zero-order chi connectivity index (χ0) is 19.7. The fourth-order valence-electron chi connectivity index (χ4n) is 1.52. The Bertz CT molecular complexity index is 637. The van der Waals surface area contributed by atoms with E-state index in [1.165, 1.54) is 20.8 Å². The molecule has 0 aliphatic rings. The summed E-state index contributed by atoms with van der Waals surface area (Å²) in [5.74, 6) is -2.08. The maximum atomic E-state index is 11.8. The molecule has 9 nitrogen and oxygen atoms in total. The summed E-state index contributed by atoms with van der Waals surface area (Å²) in [7, 11) is -7.92. The lowest BCUT2D eigenvalue weighted by molar-refractivity contribution is -0.150. The summed E-state index contributed by atoms with van der Waals surface area (Å²) in [5, 5.41) is 0. The van der Waals surface area contributed by atoms with Crippen molar-refractivity contribution in [1.29, 1.82) is 0 Å². The third-order valence-corrected chi connectivity index (χ3v) is 5.71. The van der Waals surface area contributed by atoms with Crippen molar-refractivity contribution in [3.63, 3.8) is 0 Å². The minimum absolute atomic E-state index is 0.00387. The average Bonchev–Trinajstić information content (AvgIpc) is 2.48. The Labute approximate surface area is 149 Å². The number of carbonyl (C=O) groups excluding carboxylic acids is 2. The number of rotatable bonds is 13. The van der Waals surface area contributed by atoms with Crippen LogP contribution in [0.4, 0.5) is 0 Å². The summed E-state index contributed by atoms with van der Waals surface area (Å²) >= 11 is 0. The van der Waals surface area contributed by atoms with Crippen LogP contribution in [-0.4, -0.2) is 58.9 Å². The first kappa shape index (κ1) is 24.0. The number of hydrogen-bond donors (Lipinski definition) is 0. The van der Waals surface area contributed by atoms with Crippen LogP contribution in [-0.2, 0) is 42.9 Å². The summed E-state index contributed by atoms with van der Waals surface area (Å²) in [6.45, 7) is 5.75. The summed E-state index contributed by atoms with van der Waals surface area (Å²) in [6, 6.07) is 0. The van der Waals surface area contributed by atoms with Gasteiger partial charge in [0.05, 0.1) is 18.1 Å². The molecule has 2 atom stereocenters. The molecule has 0 radical (unpaired) electrons. The van der Waals surface area contributed by atoms with E-state index >= 15 is 0 Å². The molecule has 0 aromatic carbocycles. The van der Waals surface area contributed by atoms with Crippen LogP contribution >= 0.6 is 0 Å². The Morgan fingerprint density at radius 2 is 1.32 bits per heavy atom. The smallest absolute Gasteiger partial charge is 0.336 e. The third kappa shape index (κ3) is 11.2. The summed E-state index contributed by atoms with van der Waals surface area (Å²) in [5.41, 5.74) is 0. The van der Waals surface area contributed by atoms with Gasteiger partial charge in [0, 0.05) is 0 Å². The molecule has 0 amide bonds. The van der Waals surface area contributed by atoms with Crippen LogP contribution in [0.2, 0.25) is 0 Å². The van der Waals surface area contributed by atoms with Gasteiger partial charge < -0.3 is 4.74 Å². The lowest BCUT2D eigenvalue weighted by atomic mass is 10.3. The van der Waals surface area contributed by atoms with E-state index in [1.54, 1.807) is 6.92 Å². The number of carbonyl (C=O) groups is 2. The highest BCUT2D eigenvalue weighted by molar-refractivity contribution is 7.87. The largest absolute Gasteiger partial charge is 0.464 e. The molecule has 0 rings (SSSR count). The number of ketones is 1. The molecule has 25 heavy (non-hydrogen) atoms. The van der Waals surface area contributed by atoms with Crippen LogP contribution in [0.5, 0.6) is 0 Å². The molecule has 0 aromatic heterocycles. The second-order valence-corrected chi connectivity index (χ2v) is 8.92. The molecule has 148 valence electrons. The molecule has 0 N–H and O–H groups in total. The van der Waals surface area contributed by atoms with Crippen LogP contribution in [0.1, 0.15) is 47.0 Å². The lowest BCUT2D eigenvalue weighted by Crippen LogP contribution is -2.28. The fraction of sp³-hybridized carbons (Fsp3) is 0.857. The van der Waals surface area contributed by atoms with Gasteiger partial charge in [0.1, 0.15) is 6.10 Å². The summed E-state index contributed by atoms with van der Waals surface area (Å²) in [6.07, 6.45) is -1.74. The lowest BCUT2D eigenvalue weighted by Gasteiger charge is -2.12. The van der Waals surface area contributed by atoms with Crippen molar-refractivity contribution >= 4 is 32.0 Å². The molecule has 0 aromatic rings. The van der Waals surface area contributed by atoms with E-state index in [2.05, 4.69) is 4.18 Å². The number of esters is 1. The van der Waals surface area contributed by atoms with Crippen molar-refractivity contribution < 1.29 is 39.5 Å². The minimum Gasteiger partial charge on any atom is -0.464 e. The highest BCUT2D eigenvalue weighted by Gasteiger charge is 2.24. The van der Waals surface area contributed by atoms with Crippen LogP contribution in [0.3, 0.4) is 0 Å². The van der Waals surface area contributed by atoms with Crippen molar-refractivity contribution in [2.24, 2.45) is 0 Å². The molecular weight excluding hydrogens is 376 g/mol. The Morgan fingerprint density at radius 1 is 0.880 bits per heavy atom. The van der Waals surface area contributed by atoms with Gasteiger partial charge in [0.25, 0.3) is 20.2 Å². The Hall–Kier alpha value is -1.04. The van der Waals surface area contributed by atoms with E-state index in [9.17, 15) is 26.4 Å². The molecule has 0 bridgehead atoms. The fourth-order valence-corrected chi connectivity index (χ4v) is 3.92. The predicted molar refractivity (Wildman–Crippen MR) is 89.8 cm³/mol. The third-order valence-electron chi connectivity index (χ3n) is 2.97. The SMILES string of the molecule is CCCOC(=O)C(C)OS(=O)(=O)CCCCS(=O)(=O)OC(C)C(C)=O. The van der Waals surface area contributed by atoms with E-state index < -0.39 is 55.7 Å². The van der Waals surface area contributed by atoms with Crippen molar-refractivity contribution in [3.05, 3.63) is 0 Å². The summed E-state index contributed by atoms with van der Waals surface area (Å²) < 4.78 is 60.9. The maximum absolute atomic E-state index is 11.8. The van der Waals surface area contributed by atoms with Crippen molar-refractivity contribution in [3.8, 4) is 0 Å². The number of unbranched alkanes of at least 4 members (excludes halogenated alkanes) is 1. The first-order valence-electron chi connectivity index (χ1n) is 7.89. The first-order chi connectivity index (χ1) is 11.4. The zero-order valence-corrected chi connectivity index (χ0v) is 16.5. The van der Waals surface area contributed by atoms with E-state index in [0.717, 1.165) is 0 Å². The molecule has 0 fully saturated rings. The van der Waals surface area contributed by atoms with E-state index in [1.807, 2.05) is 0 Å². The van der Waals surface area contributed by atoms with Gasteiger partial charge in [-0.3, -0.25) is 13.2 Å². The van der Waals surface area contributed by atoms with Gasteiger partial charge in [-0.15, -0.1) is 0 Å². The van der Waals surface area contributed by atoms with E-state index in [0.29, 0.717) is 6.42 Å². The molecule has 0 saturated heterocycles. The maximum Gasteiger partial charge on any atom is 0.336 e. The monoisotopic (exact) mass is 402 g/mol. The number of ether oxygens (including phenoxy) is 1. The van der Waals surface area contributed by atoms with Crippen LogP contribution in [0, 0.1) is 0 Å². The highest BCUT2D eigenvalue weighted by Crippen LogP contribution is 2.08. The molecule has 0 saturated carbocycles. The topological polar surface area (TPSA) is 130 Å². The first-order valence-corrected chi connectivity index (χ1v) is 11.0. The Kier molecular flexibility index (Phi) is 10.4. The van der Waals surface area contributed by atoms with Crippen LogP contribution in [0.15, 0.2) is 0 Å². The van der Waals surface area contributed by atoms with Crippen LogP contribution in [0.25, 0.3) is 0 Å². The molecular formula is C14H26O9S2. The Morgan fingerprint density at radius 3 is 1.72 bits per heavy atom. The second-order valence-electron chi connectivity index (χ2n) is 5.49. The normalized spacial score (nSPS) is 14.7. The van der Waals surface area contributed by atoms with Gasteiger partial charge in [0.2, 0.25) is 0 Å². The van der Waals surface area contributed by atoms with Gasteiger partial charge in [-0.05, 0) is 40.0 Å². The van der Waals surface area contributed by atoms with Gasteiger partial charge in [0.15, 0.2) is 11.9 Å². The summed E-state index contributed by atoms with van der Waals surface area (Å²) in [4.78, 5) is 22.4. The van der Waals surface area contributed by atoms with Crippen LogP contribution < -0.4 is 0 Å². The van der Waals surface area contributed by atoms with E-state index in [-0.39, 0.29) is 19.4 Å². The Balaban J connectivity index is 4.30. The van der Waals surface area contributed by atoms with E-state index in [4.69, 9.17) is 8.92 Å². The van der Waals surface area contributed by atoms with Gasteiger partial charge in [-0.1, -0.05) is 6.92 Å². The predicted octanol–water partition coefficient (Wildman–Crippen LogP) is 0.779. The van der Waals surface area contributed by atoms with Crippen molar-refractivity contribution in [2.45, 2.75) is 59.2 Å². The average molecular weight is 402 g/mol. The quantitative estimate of drug-likeness (QED) is 0.249. The molecule has 0 aliphatic heterocycles. The number of Topliss-reactive ketones (excluding diaryl/α,β-unsaturated/α-hetero) is 1. The van der Waals surface area contributed by atoms with Crippen molar-refractivity contribution in [2.75, 3.05) is 18.1 Å². The molecule has 0 aliphatic carbocycles. The standard InChI is InChI=1S/C14H26O9S2/c1-5-8-21-14(16)13(4)23-25(19,20)10-7-6-9-24(17,18)22-12(3)11(2)15/h12-13H,5-10H2,1-4H3. The van der Waals surface area contributed by atoms with Crippen molar-refractivity contribution in [1.82, 2.24) is 0 Å².